The van der Waals surface area contributed by atoms with E-state index in [4.69, 9.17) is 22.1 Å². The molecule has 3 N–H and O–H groups in total. The summed E-state index contributed by atoms with van der Waals surface area (Å²) in [6.45, 7) is 2.21. The molecule has 0 radical (unpaired) electrons. The number of carbonyl (C=O) groups excluding carboxylic acids is 1. The van der Waals surface area contributed by atoms with Crippen molar-refractivity contribution in [2.24, 2.45) is 0 Å². The fourth-order valence-electron chi connectivity index (χ4n) is 2.52. The monoisotopic (exact) mass is 394 g/mol. The van der Waals surface area contributed by atoms with Crippen molar-refractivity contribution in [1.82, 2.24) is 9.55 Å². The number of anilines is 2. The number of H-pyrrole nitrogens is 1. The molecule has 0 saturated heterocycles. The van der Waals surface area contributed by atoms with Crippen LogP contribution in [0.4, 0.5) is 11.5 Å². The Morgan fingerprint density at radius 3 is 2.70 bits per heavy atom. The van der Waals surface area contributed by atoms with E-state index in [2.05, 4.69) is 4.98 Å². The molecule has 0 aliphatic carbocycles. The maximum Gasteiger partial charge on any atom is 0.330 e. The van der Waals surface area contributed by atoms with Crippen molar-refractivity contribution >= 4 is 29.0 Å². The number of nitrogen functional groups attached to an aromatic ring is 1. The molecule has 1 aromatic carbocycles. The van der Waals surface area contributed by atoms with E-state index in [9.17, 15) is 14.4 Å². The second-order valence-electron chi connectivity index (χ2n) is 6.04. The maximum absolute atomic E-state index is 12.4. The average molecular weight is 395 g/mol. The van der Waals surface area contributed by atoms with Crippen LogP contribution in [0.2, 0.25) is 5.02 Å². The summed E-state index contributed by atoms with van der Waals surface area (Å²) in [4.78, 5) is 39.8. The van der Waals surface area contributed by atoms with Crippen LogP contribution in [-0.4, -0.2) is 29.1 Å². The van der Waals surface area contributed by atoms with Crippen molar-refractivity contribution < 1.29 is 9.53 Å². The normalized spacial score (nSPS) is 10.8. The number of nitrogens with one attached hydrogen (secondary N) is 1. The fourth-order valence-corrected chi connectivity index (χ4v) is 2.72. The zero-order valence-electron chi connectivity index (χ0n) is 15.3. The molecule has 1 aromatic heterocycles. The Bertz CT molecular complexity index is 922. The predicted octanol–water partition coefficient (Wildman–Crippen LogP) is 1.75. The molecule has 8 nitrogen and oxygen atoms in total. The molecular formula is C18H23ClN4O4. The quantitative estimate of drug-likeness (QED) is 0.708. The summed E-state index contributed by atoms with van der Waals surface area (Å²) in [6, 6.07) is 7.14. The Morgan fingerprint density at radius 1 is 1.33 bits per heavy atom. The molecular weight excluding hydrogens is 372 g/mol. The average Bonchev–Trinajstić information content (AvgIpc) is 2.62. The van der Waals surface area contributed by atoms with Crippen LogP contribution in [-0.2, 0) is 22.7 Å². The zero-order valence-corrected chi connectivity index (χ0v) is 16.1. The Kier molecular flexibility index (Phi) is 7.20. The van der Waals surface area contributed by atoms with Crippen molar-refractivity contribution in [2.45, 2.75) is 32.9 Å². The van der Waals surface area contributed by atoms with Gasteiger partial charge in [0.2, 0.25) is 0 Å². The number of benzene rings is 1. The number of hydrogen-bond acceptors (Lipinski definition) is 5. The third-order valence-corrected chi connectivity index (χ3v) is 4.47. The molecule has 9 heteroatoms. The lowest BCUT2D eigenvalue weighted by molar-refractivity contribution is -0.123. The highest BCUT2D eigenvalue weighted by molar-refractivity contribution is 6.31. The number of nitrogens with zero attached hydrogens (tertiary/aromatic N) is 2. The summed E-state index contributed by atoms with van der Waals surface area (Å²) in [7, 11) is 1.41. The van der Waals surface area contributed by atoms with Gasteiger partial charge in [-0.3, -0.25) is 19.1 Å². The number of carbonyl (C=O) groups is 1. The van der Waals surface area contributed by atoms with Crippen LogP contribution in [0.3, 0.4) is 0 Å². The predicted molar refractivity (Wildman–Crippen MR) is 105 cm³/mol. The molecule has 27 heavy (non-hydrogen) atoms. The first-order valence-corrected chi connectivity index (χ1v) is 8.94. The van der Waals surface area contributed by atoms with Gasteiger partial charge in [0.1, 0.15) is 12.4 Å². The Balaban J connectivity index is 2.13. The van der Waals surface area contributed by atoms with Crippen molar-refractivity contribution in [3.63, 3.8) is 0 Å². The first-order valence-electron chi connectivity index (χ1n) is 8.57. The number of amides is 1. The number of aromatic amines is 1. The molecule has 1 heterocycles. The molecule has 0 fully saturated rings. The fraction of sp³-hybridized carbons (Fsp3) is 0.389. The van der Waals surface area contributed by atoms with Gasteiger partial charge in [-0.1, -0.05) is 43.1 Å². The van der Waals surface area contributed by atoms with E-state index in [0.29, 0.717) is 18.0 Å². The minimum atomic E-state index is -0.716. The largest absolute Gasteiger partial charge is 0.383 e. The van der Waals surface area contributed by atoms with Gasteiger partial charge in [0, 0.05) is 18.6 Å². The SMILES string of the molecule is CCCCn1c(N)c(N(C)C(=O)COCc2ccccc2Cl)c(=O)[nH]c1=O. The second kappa shape index (κ2) is 9.38. The van der Waals surface area contributed by atoms with Gasteiger partial charge >= 0.3 is 5.69 Å². The summed E-state index contributed by atoms with van der Waals surface area (Å²) in [6.07, 6.45) is 1.57. The van der Waals surface area contributed by atoms with Gasteiger partial charge in [-0.2, -0.15) is 0 Å². The summed E-state index contributed by atoms with van der Waals surface area (Å²) in [5.41, 5.74) is 5.37. The van der Waals surface area contributed by atoms with Crippen LogP contribution in [0.25, 0.3) is 0 Å². The van der Waals surface area contributed by atoms with Gasteiger partial charge in [0.25, 0.3) is 11.5 Å². The minimum Gasteiger partial charge on any atom is -0.383 e. The molecule has 146 valence electrons. The summed E-state index contributed by atoms with van der Waals surface area (Å²) >= 11 is 6.04. The van der Waals surface area contributed by atoms with Crippen LogP contribution in [0.1, 0.15) is 25.3 Å². The minimum absolute atomic E-state index is 0.0425. The van der Waals surface area contributed by atoms with E-state index < -0.39 is 17.2 Å². The van der Waals surface area contributed by atoms with Crippen molar-refractivity contribution in [1.29, 1.82) is 0 Å². The second-order valence-corrected chi connectivity index (χ2v) is 6.44. The molecule has 2 rings (SSSR count). The third-order valence-electron chi connectivity index (χ3n) is 4.10. The summed E-state index contributed by atoms with van der Waals surface area (Å²) < 4.78 is 6.66. The molecule has 0 aliphatic rings. The van der Waals surface area contributed by atoms with Crippen LogP contribution < -0.4 is 21.9 Å². The molecule has 0 aliphatic heterocycles. The molecule has 0 spiro atoms. The Labute approximate surface area is 161 Å². The molecule has 0 atom stereocenters. The van der Waals surface area contributed by atoms with Gasteiger partial charge in [-0.15, -0.1) is 0 Å². The van der Waals surface area contributed by atoms with Gasteiger partial charge in [-0.25, -0.2) is 4.79 Å². The number of aromatic nitrogens is 2. The van der Waals surface area contributed by atoms with E-state index in [1.807, 2.05) is 13.0 Å². The first-order chi connectivity index (χ1) is 12.9. The summed E-state index contributed by atoms with van der Waals surface area (Å²) in [5.74, 6) is -0.515. The number of unbranched alkanes of at least 4 members (excludes halogenated alkanes) is 1. The van der Waals surface area contributed by atoms with Gasteiger partial charge < -0.3 is 15.4 Å². The topological polar surface area (TPSA) is 110 Å². The molecule has 1 amide bonds. The molecule has 2 aromatic rings. The van der Waals surface area contributed by atoms with Crippen molar-refractivity contribution in [3.05, 3.63) is 55.7 Å². The lowest BCUT2D eigenvalue weighted by atomic mass is 10.2. The number of ether oxygens (including phenoxy) is 1. The number of likely N-dealkylation sites (N-methyl/N-ethyl adjacent to an activating group) is 1. The van der Waals surface area contributed by atoms with E-state index in [-0.39, 0.29) is 24.7 Å². The lowest BCUT2D eigenvalue weighted by Crippen LogP contribution is -2.40. The highest BCUT2D eigenvalue weighted by Gasteiger charge is 2.21. The standard InChI is InChI=1S/C18H23ClN4O4/c1-3-4-9-23-16(20)15(17(25)21-18(23)26)22(2)14(24)11-27-10-12-7-5-6-8-13(12)19/h5-8H,3-4,9-11,20H2,1-2H3,(H,21,25,26). The maximum atomic E-state index is 12.4. The van der Waals surface area contributed by atoms with Crippen LogP contribution >= 0.6 is 11.6 Å². The first kappa shape index (κ1) is 20.7. The van der Waals surface area contributed by atoms with Crippen LogP contribution in [0.5, 0.6) is 0 Å². The highest BCUT2D eigenvalue weighted by Crippen LogP contribution is 2.17. The molecule has 0 bridgehead atoms. The van der Waals surface area contributed by atoms with E-state index in [1.54, 1.807) is 18.2 Å². The van der Waals surface area contributed by atoms with Crippen molar-refractivity contribution in [3.8, 4) is 0 Å². The number of hydrogen-bond donors (Lipinski definition) is 2. The van der Waals surface area contributed by atoms with Crippen molar-refractivity contribution in [2.75, 3.05) is 24.3 Å². The highest BCUT2D eigenvalue weighted by atomic mass is 35.5. The van der Waals surface area contributed by atoms with Gasteiger partial charge in [0.05, 0.1) is 6.61 Å². The molecule has 0 unspecified atom stereocenters. The van der Waals surface area contributed by atoms with Crippen LogP contribution in [0.15, 0.2) is 33.9 Å². The number of nitrogens with two attached hydrogens (primary N) is 1. The number of rotatable bonds is 8. The number of halogens is 1. The third kappa shape index (κ3) is 4.99. The van der Waals surface area contributed by atoms with Gasteiger partial charge in [0.15, 0.2) is 5.69 Å². The molecule has 0 saturated carbocycles. The van der Waals surface area contributed by atoms with E-state index >= 15 is 0 Å². The Hall–Kier alpha value is -2.58. The zero-order chi connectivity index (χ0) is 20.0. The lowest BCUT2D eigenvalue weighted by Gasteiger charge is -2.20. The Morgan fingerprint density at radius 2 is 2.04 bits per heavy atom. The van der Waals surface area contributed by atoms with E-state index in [1.165, 1.54) is 11.6 Å². The summed E-state index contributed by atoms with van der Waals surface area (Å²) in [5, 5.41) is 0.544. The van der Waals surface area contributed by atoms with E-state index in [0.717, 1.165) is 16.9 Å². The smallest absolute Gasteiger partial charge is 0.330 e. The van der Waals surface area contributed by atoms with Crippen LogP contribution in [0, 0.1) is 0 Å². The van der Waals surface area contributed by atoms with Gasteiger partial charge in [-0.05, 0) is 18.1 Å².